The Morgan fingerprint density at radius 2 is 1.50 bits per heavy atom. The molecule has 20 heavy (non-hydrogen) atoms. The zero-order chi connectivity index (χ0) is 13.9. The third-order valence-corrected chi connectivity index (χ3v) is 4.69. The summed E-state index contributed by atoms with van der Waals surface area (Å²) in [5.74, 6) is -0.609. The van der Waals surface area contributed by atoms with Gasteiger partial charge in [-0.2, -0.15) is 0 Å². The van der Waals surface area contributed by atoms with Crippen molar-refractivity contribution in [2.75, 3.05) is 52.4 Å². The van der Waals surface area contributed by atoms with Crippen LogP contribution in [0, 0.1) is 0 Å². The molecule has 3 rings (SSSR count). The number of hydrogen-bond acceptors (Lipinski definition) is 4. The molecule has 3 aliphatic heterocycles. The summed E-state index contributed by atoms with van der Waals surface area (Å²) < 4.78 is 0. The van der Waals surface area contributed by atoms with E-state index in [2.05, 4.69) is 10.2 Å². The summed E-state index contributed by atoms with van der Waals surface area (Å²) in [5.41, 5.74) is 0. The van der Waals surface area contributed by atoms with Crippen molar-refractivity contribution in [1.29, 1.82) is 0 Å². The van der Waals surface area contributed by atoms with Crippen LogP contribution in [0.5, 0.6) is 0 Å². The zero-order valence-electron chi connectivity index (χ0n) is 12.0. The Hall–Kier alpha value is -1.14. The maximum Gasteiger partial charge on any atom is 0.312 e. The third kappa shape index (κ3) is 2.81. The van der Waals surface area contributed by atoms with Crippen LogP contribution >= 0.6 is 0 Å². The predicted molar refractivity (Wildman–Crippen MR) is 75.2 cm³/mol. The second-order valence-electron chi connectivity index (χ2n) is 5.98. The van der Waals surface area contributed by atoms with E-state index in [1.807, 2.05) is 0 Å². The minimum absolute atomic E-state index is 0.298. The van der Waals surface area contributed by atoms with Gasteiger partial charge in [0, 0.05) is 45.3 Å². The van der Waals surface area contributed by atoms with E-state index in [4.69, 9.17) is 0 Å². The van der Waals surface area contributed by atoms with E-state index in [9.17, 15) is 9.59 Å². The van der Waals surface area contributed by atoms with E-state index in [1.54, 1.807) is 9.80 Å². The van der Waals surface area contributed by atoms with Crippen molar-refractivity contribution < 1.29 is 9.59 Å². The fourth-order valence-corrected chi connectivity index (χ4v) is 3.47. The maximum absolute atomic E-state index is 12.3. The molecule has 3 heterocycles. The molecule has 3 saturated heterocycles. The molecule has 1 unspecified atom stereocenters. The van der Waals surface area contributed by atoms with Gasteiger partial charge >= 0.3 is 11.8 Å². The molecule has 0 aliphatic carbocycles. The largest absolute Gasteiger partial charge is 0.333 e. The molecule has 112 valence electrons. The highest BCUT2D eigenvalue weighted by Gasteiger charge is 2.35. The lowest BCUT2D eigenvalue weighted by Crippen LogP contribution is -2.52. The van der Waals surface area contributed by atoms with Gasteiger partial charge < -0.3 is 15.1 Å². The van der Waals surface area contributed by atoms with E-state index in [1.165, 1.54) is 12.8 Å². The first kappa shape index (κ1) is 13.8. The number of carbonyl (C=O) groups is 2. The van der Waals surface area contributed by atoms with Crippen LogP contribution in [0.1, 0.15) is 19.3 Å². The fourth-order valence-electron chi connectivity index (χ4n) is 3.47. The molecule has 0 spiro atoms. The van der Waals surface area contributed by atoms with Gasteiger partial charge in [0.2, 0.25) is 0 Å². The topological polar surface area (TPSA) is 55.9 Å². The van der Waals surface area contributed by atoms with Crippen molar-refractivity contribution in [3.05, 3.63) is 0 Å². The van der Waals surface area contributed by atoms with E-state index in [0.29, 0.717) is 19.1 Å². The average Bonchev–Trinajstić information content (AvgIpc) is 3.17. The lowest BCUT2D eigenvalue weighted by molar-refractivity contribution is -0.151. The Morgan fingerprint density at radius 1 is 0.850 bits per heavy atom. The Bertz CT molecular complexity index is 375. The summed E-state index contributed by atoms with van der Waals surface area (Å²) in [7, 11) is 0. The Morgan fingerprint density at radius 3 is 2.20 bits per heavy atom. The van der Waals surface area contributed by atoms with Crippen molar-refractivity contribution in [2.24, 2.45) is 0 Å². The fraction of sp³-hybridized carbons (Fsp3) is 0.857. The molecule has 0 radical (unpaired) electrons. The highest BCUT2D eigenvalue weighted by molar-refractivity contribution is 6.35. The Balaban J connectivity index is 1.53. The molecule has 2 amide bonds. The van der Waals surface area contributed by atoms with Crippen LogP contribution in [0.4, 0.5) is 0 Å². The SMILES string of the molecule is O=C(C(=O)N1CCC(N2CCCC2)C1)N1CCNCC1. The summed E-state index contributed by atoms with van der Waals surface area (Å²) in [6.07, 6.45) is 3.55. The van der Waals surface area contributed by atoms with E-state index in [0.717, 1.165) is 45.7 Å². The summed E-state index contributed by atoms with van der Waals surface area (Å²) in [4.78, 5) is 30.4. The number of piperazine rings is 1. The van der Waals surface area contributed by atoms with Gasteiger partial charge in [0.15, 0.2) is 0 Å². The first-order valence-electron chi connectivity index (χ1n) is 7.78. The molecule has 1 N–H and O–H groups in total. The number of nitrogens with zero attached hydrogens (tertiary/aromatic N) is 3. The molecule has 3 fully saturated rings. The van der Waals surface area contributed by atoms with Crippen molar-refractivity contribution in [3.8, 4) is 0 Å². The van der Waals surface area contributed by atoms with Gasteiger partial charge in [-0.15, -0.1) is 0 Å². The van der Waals surface area contributed by atoms with Crippen molar-refractivity contribution in [3.63, 3.8) is 0 Å². The Kier molecular flexibility index (Phi) is 4.21. The molecule has 0 saturated carbocycles. The Labute approximate surface area is 120 Å². The van der Waals surface area contributed by atoms with Crippen LogP contribution in [0.15, 0.2) is 0 Å². The smallest absolute Gasteiger partial charge is 0.312 e. The van der Waals surface area contributed by atoms with E-state index < -0.39 is 0 Å². The molecular weight excluding hydrogens is 256 g/mol. The van der Waals surface area contributed by atoms with E-state index >= 15 is 0 Å². The number of hydrogen-bond donors (Lipinski definition) is 1. The van der Waals surface area contributed by atoms with Crippen LogP contribution in [0.25, 0.3) is 0 Å². The molecule has 0 aromatic rings. The predicted octanol–water partition coefficient (Wildman–Crippen LogP) is -0.885. The lowest BCUT2D eigenvalue weighted by Gasteiger charge is -2.29. The molecule has 6 nitrogen and oxygen atoms in total. The molecule has 0 aromatic carbocycles. The monoisotopic (exact) mass is 280 g/mol. The highest BCUT2D eigenvalue weighted by Crippen LogP contribution is 2.20. The number of amides is 2. The van der Waals surface area contributed by atoms with Crippen molar-refractivity contribution in [1.82, 2.24) is 20.0 Å². The minimum Gasteiger partial charge on any atom is -0.333 e. The van der Waals surface area contributed by atoms with Crippen LogP contribution in [0.3, 0.4) is 0 Å². The van der Waals surface area contributed by atoms with E-state index in [-0.39, 0.29) is 11.8 Å². The second kappa shape index (κ2) is 6.10. The third-order valence-electron chi connectivity index (χ3n) is 4.69. The van der Waals surface area contributed by atoms with Crippen LogP contribution in [-0.4, -0.2) is 84.9 Å². The molecule has 0 aromatic heterocycles. The quantitative estimate of drug-likeness (QED) is 0.634. The molecule has 1 atom stereocenters. The van der Waals surface area contributed by atoms with Gasteiger partial charge in [-0.1, -0.05) is 0 Å². The van der Waals surface area contributed by atoms with Gasteiger partial charge in [0.1, 0.15) is 0 Å². The van der Waals surface area contributed by atoms with Crippen LogP contribution < -0.4 is 5.32 Å². The van der Waals surface area contributed by atoms with Gasteiger partial charge in [-0.25, -0.2) is 0 Å². The standard InChI is InChI=1S/C14H24N4O2/c19-13(17-9-4-15-5-10-17)14(20)18-8-3-12(11-18)16-6-1-2-7-16/h12,15H,1-11H2. The lowest BCUT2D eigenvalue weighted by atomic mass is 10.2. The summed E-state index contributed by atoms with van der Waals surface area (Å²) >= 11 is 0. The maximum atomic E-state index is 12.3. The second-order valence-corrected chi connectivity index (χ2v) is 5.98. The van der Waals surface area contributed by atoms with Gasteiger partial charge in [-0.05, 0) is 32.4 Å². The number of carbonyl (C=O) groups excluding carboxylic acids is 2. The molecule has 6 heteroatoms. The summed E-state index contributed by atoms with van der Waals surface area (Å²) in [6, 6.07) is 0.470. The van der Waals surface area contributed by atoms with Crippen molar-refractivity contribution >= 4 is 11.8 Å². The van der Waals surface area contributed by atoms with Gasteiger partial charge in [0.25, 0.3) is 0 Å². The van der Waals surface area contributed by atoms with Crippen LogP contribution in [0.2, 0.25) is 0 Å². The summed E-state index contributed by atoms with van der Waals surface area (Å²) in [6.45, 7) is 6.64. The minimum atomic E-state index is -0.312. The molecule has 0 bridgehead atoms. The first-order chi connectivity index (χ1) is 9.75. The normalized spacial score (nSPS) is 28.1. The highest BCUT2D eigenvalue weighted by atomic mass is 16.2. The molecular formula is C14H24N4O2. The summed E-state index contributed by atoms with van der Waals surface area (Å²) in [5, 5.41) is 3.20. The van der Waals surface area contributed by atoms with Crippen molar-refractivity contribution in [2.45, 2.75) is 25.3 Å². The zero-order valence-corrected chi connectivity index (χ0v) is 12.0. The van der Waals surface area contributed by atoms with Gasteiger partial charge in [-0.3, -0.25) is 14.5 Å². The van der Waals surface area contributed by atoms with Crippen LogP contribution in [-0.2, 0) is 9.59 Å². The number of likely N-dealkylation sites (tertiary alicyclic amines) is 2. The number of rotatable bonds is 1. The number of nitrogens with one attached hydrogen (secondary N) is 1. The van der Waals surface area contributed by atoms with Gasteiger partial charge in [0.05, 0.1) is 0 Å². The molecule has 3 aliphatic rings. The first-order valence-corrected chi connectivity index (χ1v) is 7.78. The average molecular weight is 280 g/mol.